The molecule has 0 spiro atoms. The highest BCUT2D eigenvalue weighted by Gasteiger charge is 2.41. The van der Waals surface area contributed by atoms with Crippen LogP contribution in [0.1, 0.15) is 57.5 Å². The summed E-state index contributed by atoms with van der Waals surface area (Å²) in [4.78, 5) is 11.7. The van der Waals surface area contributed by atoms with E-state index < -0.39 is 8.07 Å². The quantitative estimate of drug-likeness (QED) is 0.366. The molecule has 26 heavy (non-hydrogen) atoms. The van der Waals surface area contributed by atoms with Crippen LogP contribution in [0, 0.1) is 11.5 Å². The van der Waals surface area contributed by atoms with Gasteiger partial charge in [-0.2, -0.15) is 0 Å². The van der Waals surface area contributed by atoms with Gasteiger partial charge in [-0.3, -0.25) is 0 Å². The van der Waals surface area contributed by atoms with Gasteiger partial charge in [-0.15, -0.1) is 5.54 Å². The Morgan fingerprint density at radius 3 is 1.96 bits per heavy atom. The second-order valence-corrected chi connectivity index (χ2v) is 13.5. The Morgan fingerprint density at radius 2 is 1.42 bits per heavy atom. The number of hydrogen-bond donors (Lipinski definition) is 0. The van der Waals surface area contributed by atoms with Gasteiger partial charge in [0.2, 0.25) is 0 Å². The van der Waals surface area contributed by atoms with Crippen LogP contribution in [0.3, 0.4) is 0 Å². The lowest BCUT2D eigenvalue weighted by atomic mass is 10.0. The highest BCUT2D eigenvalue weighted by atomic mass is 28.3. The molecule has 0 bridgehead atoms. The topological polar surface area (TPSA) is 26.3 Å². The van der Waals surface area contributed by atoms with Gasteiger partial charge in [-0.25, -0.2) is 4.79 Å². The van der Waals surface area contributed by atoms with Crippen molar-refractivity contribution in [2.75, 3.05) is 7.11 Å². The summed E-state index contributed by atoms with van der Waals surface area (Å²) in [6.07, 6.45) is 0. The Hall–Kier alpha value is -2.05. The van der Waals surface area contributed by atoms with Crippen LogP contribution in [0.2, 0.25) is 16.6 Å². The van der Waals surface area contributed by atoms with Crippen LogP contribution in [0.25, 0.3) is 10.8 Å². The highest BCUT2D eigenvalue weighted by Crippen LogP contribution is 2.40. The van der Waals surface area contributed by atoms with Crippen molar-refractivity contribution >= 4 is 24.8 Å². The van der Waals surface area contributed by atoms with Gasteiger partial charge in [0.05, 0.1) is 12.7 Å². The van der Waals surface area contributed by atoms with Crippen molar-refractivity contribution < 1.29 is 9.53 Å². The summed E-state index contributed by atoms with van der Waals surface area (Å²) in [5.74, 6) is 3.18. The number of carbonyl (C=O) groups excluding carboxylic acids is 1. The van der Waals surface area contributed by atoms with Gasteiger partial charge in [0.1, 0.15) is 8.07 Å². The van der Waals surface area contributed by atoms with E-state index in [1.54, 1.807) is 6.07 Å². The fraction of sp³-hybridized carbons (Fsp3) is 0.435. The maximum Gasteiger partial charge on any atom is 0.337 e. The van der Waals surface area contributed by atoms with Crippen molar-refractivity contribution in [3.8, 4) is 11.5 Å². The van der Waals surface area contributed by atoms with Crippen molar-refractivity contribution in [1.82, 2.24) is 0 Å². The molecule has 0 aromatic heterocycles. The Balaban J connectivity index is 2.46. The van der Waals surface area contributed by atoms with Gasteiger partial charge >= 0.3 is 5.97 Å². The smallest absolute Gasteiger partial charge is 0.337 e. The Kier molecular flexibility index (Phi) is 6.31. The zero-order valence-corrected chi connectivity index (χ0v) is 18.0. The van der Waals surface area contributed by atoms with Gasteiger partial charge < -0.3 is 4.74 Å². The van der Waals surface area contributed by atoms with Crippen molar-refractivity contribution in [2.45, 2.75) is 58.2 Å². The number of ether oxygens (including phenoxy) is 1. The molecule has 0 saturated heterocycles. The first-order valence-corrected chi connectivity index (χ1v) is 11.6. The molecule has 0 aliphatic carbocycles. The minimum atomic E-state index is -1.73. The molecule has 2 rings (SSSR count). The largest absolute Gasteiger partial charge is 0.465 e. The number of fused-ring (bicyclic) bond motifs is 1. The molecule has 0 saturated carbocycles. The molecule has 2 aromatic carbocycles. The molecule has 0 radical (unpaired) electrons. The third-order valence-corrected chi connectivity index (χ3v) is 11.8. The SMILES string of the molecule is COC(=O)c1ccc2cc(C#C[Si](C(C)C)(C(C)C)C(C)C)ccc2c1. The van der Waals surface area contributed by atoms with Gasteiger partial charge in [0, 0.05) is 5.56 Å². The maximum absolute atomic E-state index is 11.7. The van der Waals surface area contributed by atoms with Gasteiger partial charge in [-0.1, -0.05) is 59.6 Å². The zero-order valence-electron chi connectivity index (χ0n) is 17.0. The number of esters is 1. The highest BCUT2D eigenvalue weighted by molar-refractivity contribution is 6.90. The summed E-state index contributed by atoms with van der Waals surface area (Å²) >= 11 is 0. The standard InChI is InChI=1S/C23H30O2Si/c1-16(2)26(17(3)4,18(5)6)13-12-19-8-9-21-15-22(23(24)25-7)11-10-20(21)14-19/h8-11,14-18H,1-7H3. The lowest BCUT2D eigenvalue weighted by molar-refractivity contribution is 0.0601. The molecule has 0 amide bonds. The van der Waals surface area contributed by atoms with E-state index in [1.165, 1.54) is 7.11 Å². The molecule has 0 aliphatic heterocycles. The molecule has 0 unspecified atom stereocenters. The Bertz CT molecular complexity index is 832. The minimum absolute atomic E-state index is 0.308. The second-order valence-electron chi connectivity index (χ2n) is 7.92. The number of carbonyl (C=O) groups is 1. The average molecular weight is 367 g/mol. The maximum atomic E-state index is 11.7. The van der Waals surface area contributed by atoms with Crippen molar-refractivity contribution in [1.29, 1.82) is 0 Å². The molecule has 138 valence electrons. The summed E-state index contributed by atoms with van der Waals surface area (Å²) in [7, 11) is -0.327. The van der Waals surface area contributed by atoms with E-state index in [0.29, 0.717) is 22.2 Å². The van der Waals surface area contributed by atoms with Crippen LogP contribution in [-0.2, 0) is 4.74 Å². The minimum Gasteiger partial charge on any atom is -0.465 e. The molecule has 0 atom stereocenters. The molecule has 3 heteroatoms. The summed E-state index contributed by atoms with van der Waals surface area (Å²) in [6.45, 7) is 14.0. The molecule has 0 N–H and O–H groups in total. The van der Waals surface area contributed by atoms with Crippen LogP contribution in [0.15, 0.2) is 36.4 Å². The number of benzene rings is 2. The fourth-order valence-corrected chi connectivity index (χ4v) is 9.41. The van der Waals surface area contributed by atoms with Crippen molar-refractivity contribution in [3.63, 3.8) is 0 Å². The van der Waals surface area contributed by atoms with Crippen LogP contribution in [-0.4, -0.2) is 21.2 Å². The second kappa shape index (κ2) is 8.10. The zero-order chi connectivity index (χ0) is 19.5. The number of methoxy groups -OCH3 is 1. The molecule has 0 heterocycles. The van der Waals surface area contributed by atoms with E-state index in [4.69, 9.17) is 4.74 Å². The first-order chi connectivity index (χ1) is 12.2. The molecule has 2 aromatic rings. The lowest BCUT2D eigenvalue weighted by Crippen LogP contribution is -2.43. The van der Waals surface area contributed by atoms with E-state index in [1.807, 2.05) is 18.2 Å². The summed E-state index contributed by atoms with van der Waals surface area (Å²) < 4.78 is 4.80. The first-order valence-electron chi connectivity index (χ1n) is 9.37. The third kappa shape index (κ3) is 3.86. The van der Waals surface area contributed by atoms with Crippen molar-refractivity contribution in [2.24, 2.45) is 0 Å². The Morgan fingerprint density at radius 1 is 0.885 bits per heavy atom. The molecule has 2 nitrogen and oxygen atoms in total. The number of rotatable bonds is 4. The molecular formula is C23H30O2Si. The summed E-state index contributed by atoms with van der Waals surface area (Å²) in [5, 5.41) is 2.12. The normalized spacial score (nSPS) is 11.8. The van der Waals surface area contributed by atoms with Gasteiger partial charge in [0.15, 0.2) is 0 Å². The van der Waals surface area contributed by atoms with Crippen LogP contribution < -0.4 is 0 Å². The van der Waals surface area contributed by atoms with Gasteiger partial charge in [0.25, 0.3) is 0 Å². The summed E-state index contributed by atoms with van der Waals surface area (Å²) in [5.41, 5.74) is 7.25. The number of hydrogen-bond acceptors (Lipinski definition) is 2. The van der Waals surface area contributed by atoms with Crippen molar-refractivity contribution in [3.05, 3.63) is 47.5 Å². The van der Waals surface area contributed by atoms with E-state index >= 15 is 0 Å². The van der Waals surface area contributed by atoms with E-state index in [0.717, 1.165) is 16.3 Å². The van der Waals surface area contributed by atoms with Crippen LogP contribution in [0.4, 0.5) is 0 Å². The predicted octanol–water partition coefficient (Wildman–Crippen LogP) is 6.20. The average Bonchev–Trinajstić information content (AvgIpc) is 2.60. The molecule has 0 aliphatic rings. The van der Waals surface area contributed by atoms with Gasteiger partial charge in [-0.05, 0) is 51.7 Å². The van der Waals surface area contributed by atoms with E-state index in [9.17, 15) is 4.79 Å². The van der Waals surface area contributed by atoms with Crippen LogP contribution >= 0.6 is 0 Å². The monoisotopic (exact) mass is 366 g/mol. The predicted molar refractivity (Wildman–Crippen MR) is 113 cm³/mol. The first kappa shape index (κ1) is 20.3. The van der Waals surface area contributed by atoms with E-state index in [-0.39, 0.29) is 5.97 Å². The molecular weight excluding hydrogens is 336 g/mol. The fourth-order valence-electron chi connectivity index (χ4n) is 4.18. The molecule has 0 fully saturated rings. The Labute approximate surface area is 159 Å². The van der Waals surface area contributed by atoms with Crippen LogP contribution in [0.5, 0.6) is 0 Å². The van der Waals surface area contributed by atoms with E-state index in [2.05, 4.69) is 65.1 Å². The summed E-state index contributed by atoms with van der Waals surface area (Å²) in [6, 6.07) is 11.8. The third-order valence-electron chi connectivity index (χ3n) is 5.55. The lowest BCUT2D eigenvalue weighted by Gasteiger charge is -2.38.